The molecular weight excluding hydrogens is 289 g/mol. The van der Waals surface area contributed by atoms with Crippen LogP contribution in [0.1, 0.15) is 27.0 Å². The van der Waals surface area contributed by atoms with Gasteiger partial charge in [0.15, 0.2) is 5.78 Å². The van der Waals surface area contributed by atoms with E-state index in [1.165, 1.54) is 18.2 Å². The zero-order chi connectivity index (χ0) is 14.9. The molecule has 0 radical (unpaired) electrons. The van der Waals surface area contributed by atoms with E-state index in [9.17, 15) is 18.0 Å². The van der Waals surface area contributed by atoms with Crippen LogP contribution in [0.4, 0.5) is 13.2 Å². The molecule has 0 bridgehead atoms. The van der Waals surface area contributed by atoms with Gasteiger partial charge in [0.25, 0.3) is 0 Å². The Kier molecular flexibility index (Phi) is 3.86. The van der Waals surface area contributed by atoms with Crippen molar-refractivity contribution >= 4 is 17.4 Å². The highest BCUT2D eigenvalue weighted by atomic mass is 35.5. The van der Waals surface area contributed by atoms with Crippen molar-refractivity contribution in [3.8, 4) is 0 Å². The van der Waals surface area contributed by atoms with Gasteiger partial charge in [0, 0.05) is 16.1 Å². The maximum Gasteiger partial charge on any atom is 0.416 e. The van der Waals surface area contributed by atoms with Crippen LogP contribution in [-0.2, 0) is 6.18 Å². The average molecular weight is 299 g/mol. The summed E-state index contributed by atoms with van der Waals surface area (Å²) in [6.45, 7) is 1.79. The van der Waals surface area contributed by atoms with Crippen molar-refractivity contribution < 1.29 is 18.0 Å². The lowest BCUT2D eigenvalue weighted by Gasteiger charge is -2.08. The summed E-state index contributed by atoms with van der Waals surface area (Å²) >= 11 is 5.87. The van der Waals surface area contributed by atoms with Gasteiger partial charge in [0.2, 0.25) is 0 Å². The fraction of sp³-hybridized carbons (Fsp3) is 0.133. The second kappa shape index (κ2) is 5.29. The smallest absolute Gasteiger partial charge is 0.289 e. The van der Waals surface area contributed by atoms with Gasteiger partial charge >= 0.3 is 6.18 Å². The van der Waals surface area contributed by atoms with Crippen LogP contribution in [0.15, 0.2) is 42.5 Å². The minimum atomic E-state index is -4.41. The van der Waals surface area contributed by atoms with Gasteiger partial charge in [-0.1, -0.05) is 23.7 Å². The van der Waals surface area contributed by atoms with Crippen LogP contribution in [0.3, 0.4) is 0 Å². The maximum atomic E-state index is 12.4. The first-order chi connectivity index (χ1) is 9.27. The highest BCUT2D eigenvalue weighted by molar-refractivity contribution is 6.31. The van der Waals surface area contributed by atoms with E-state index < -0.39 is 11.7 Å². The molecule has 0 spiro atoms. The Balaban J connectivity index is 2.34. The quantitative estimate of drug-likeness (QED) is 0.721. The molecule has 0 aliphatic heterocycles. The van der Waals surface area contributed by atoms with Crippen LogP contribution in [0.2, 0.25) is 5.02 Å². The molecule has 2 aromatic carbocycles. The molecule has 20 heavy (non-hydrogen) atoms. The number of carbonyl (C=O) groups is 1. The third-order valence-electron chi connectivity index (χ3n) is 2.78. The summed E-state index contributed by atoms with van der Waals surface area (Å²) in [4.78, 5) is 12.2. The zero-order valence-corrected chi connectivity index (χ0v) is 11.2. The molecule has 0 aliphatic carbocycles. The predicted octanol–water partition coefficient (Wildman–Crippen LogP) is 4.90. The molecule has 0 atom stereocenters. The normalized spacial score (nSPS) is 11.4. The molecule has 104 valence electrons. The standard InChI is InChI=1S/C15H10ClF3O/c1-9-6-11(8-13(16)7-9)14(20)10-2-4-12(5-3-10)15(17,18)19/h2-8H,1H3. The van der Waals surface area contributed by atoms with Gasteiger partial charge < -0.3 is 0 Å². The maximum absolute atomic E-state index is 12.4. The highest BCUT2D eigenvalue weighted by Crippen LogP contribution is 2.29. The Hall–Kier alpha value is -1.81. The van der Waals surface area contributed by atoms with Crippen LogP contribution in [0.5, 0.6) is 0 Å². The second-order valence-corrected chi connectivity index (χ2v) is 4.86. The van der Waals surface area contributed by atoms with Crippen LogP contribution in [0, 0.1) is 6.92 Å². The van der Waals surface area contributed by atoms with E-state index in [4.69, 9.17) is 11.6 Å². The molecule has 0 saturated heterocycles. The first-order valence-corrected chi connectivity index (χ1v) is 6.14. The Morgan fingerprint density at radius 3 is 2.10 bits per heavy atom. The molecule has 0 N–H and O–H groups in total. The average Bonchev–Trinajstić information content (AvgIpc) is 2.36. The van der Waals surface area contributed by atoms with E-state index in [-0.39, 0.29) is 11.3 Å². The molecule has 0 fully saturated rings. The molecule has 1 nitrogen and oxygen atoms in total. The van der Waals surface area contributed by atoms with Crippen LogP contribution >= 0.6 is 11.6 Å². The van der Waals surface area contributed by atoms with Crippen molar-refractivity contribution in [1.82, 2.24) is 0 Å². The van der Waals surface area contributed by atoms with Gasteiger partial charge in [0.1, 0.15) is 0 Å². The molecule has 0 aliphatic rings. The molecule has 0 heterocycles. The van der Waals surface area contributed by atoms with E-state index >= 15 is 0 Å². The van der Waals surface area contributed by atoms with Gasteiger partial charge in [-0.15, -0.1) is 0 Å². The fourth-order valence-electron chi connectivity index (χ4n) is 1.84. The summed E-state index contributed by atoms with van der Waals surface area (Å²) in [6, 6.07) is 8.96. The molecule has 0 aromatic heterocycles. The second-order valence-electron chi connectivity index (χ2n) is 4.42. The first-order valence-electron chi connectivity index (χ1n) is 5.76. The summed E-state index contributed by atoms with van der Waals surface area (Å²) in [5.74, 6) is -0.357. The summed E-state index contributed by atoms with van der Waals surface area (Å²) < 4.78 is 37.3. The molecule has 2 aromatic rings. The summed E-state index contributed by atoms with van der Waals surface area (Å²) in [5.41, 5.74) is 0.582. The van der Waals surface area contributed by atoms with E-state index in [2.05, 4.69) is 0 Å². The number of carbonyl (C=O) groups excluding carboxylic acids is 1. The van der Waals surface area contributed by atoms with E-state index in [1.54, 1.807) is 19.1 Å². The van der Waals surface area contributed by atoms with Gasteiger partial charge in [0.05, 0.1) is 5.56 Å². The van der Waals surface area contributed by atoms with E-state index in [0.29, 0.717) is 10.6 Å². The number of ketones is 1. The number of halogens is 4. The lowest BCUT2D eigenvalue weighted by atomic mass is 10.0. The van der Waals surface area contributed by atoms with Gasteiger partial charge in [-0.2, -0.15) is 13.2 Å². The summed E-state index contributed by atoms with van der Waals surface area (Å²) in [5, 5.41) is 0.417. The Bertz CT molecular complexity index is 625. The number of hydrogen-bond donors (Lipinski definition) is 0. The van der Waals surface area contributed by atoms with Crippen molar-refractivity contribution in [2.75, 3.05) is 0 Å². The molecular formula is C15H10ClF3O. The van der Waals surface area contributed by atoms with Crippen LogP contribution in [-0.4, -0.2) is 5.78 Å². The van der Waals surface area contributed by atoms with Gasteiger partial charge in [-0.3, -0.25) is 4.79 Å². The molecule has 0 saturated carbocycles. The number of rotatable bonds is 2. The van der Waals surface area contributed by atoms with Crippen molar-refractivity contribution in [1.29, 1.82) is 0 Å². The predicted molar refractivity (Wildman–Crippen MR) is 71.1 cm³/mol. The molecule has 0 unspecified atom stereocenters. The van der Waals surface area contributed by atoms with E-state index in [1.807, 2.05) is 0 Å². The van der Waals surface area contributed by atoms with Crippen LogP contribution in [0.25, 0.3) is 0 Å². The number of hydrogen-bond acceptors (Lipinski definition) is 1. The van der Waals surface area contributed by atoms with E-state index in [0.717, 1.165) is 17.7 Å². The fourth-order valence-corrected chi connectivity index (χ4v) is 2.13. The Labute approximate surface area is 119 Å². The SMILES string of the molecule is Cc1cc(Cl)cc(C(=O)c2ccc(C(F)(F)F)cc2)c1. The monoisotopic (exact) mass is 298 g/mol. The van der Waals surface area contributed by atoms with Crippen molar-refractivity contribution in [3.63, 3.8) is 0 Å². The molecule has 2 rings (SSSR count). The van der Waals surface area contributed by atoms with Gasteiger partial charge in [-0.25, -0.2) is 0 Å². The Morgan fingerprint density at radius 1 is 1.00 bits per heavy atom. The molecule has 5 heteroatoms. The van der Waals surface area contributed by atoms with Crippen LogP contribution < -0.4 is 0 Å². The number of aryl methyl sites for hydroxylation is 1. The van der Waals surface area contributed by atoms with Crippen molar-refractivity contribution in [3.05, 3.63) is 69.7 Å². The lowest BCUT2D eigenvalue weighted by molar-refractivity contribution is -0.137. The Morgan fingerprint density at radius 2 is 1.60 bits per heavy atom. The van der Waals surface area contributed by atoms with Gasteiger partial charge in [-0.05, 0) is 42.8 Å². The largest absolute Gasteiger partial charge is 0.416 e. The third kappa shape index (κ3) is 3.20. The minimum absolute atomic E-state index is 0.194. The topological polar surface area (TPSA) is 17.1 Å². The first kappa shape index (κ1) is 14.6. The number of alkyl halides is 3. The third-order valence-corrected chi connectivity index (χ3v) is 3.00. The van der Waals surface area contributed by atoms with Crippen molar-refractivity contribution in [2.24, 2.45) is 0 Å². The zero-order valence-electron chi connectivity index (χ0n) is 10.5. The number of benzene rings is 2. The summed E-state index contributed by atoms with van der Waals surface area (Å²) in [7, 11) is 0. The highest BCUT2D eigenvalue weighted by Gasteiger charge is 2.30. The minimum Gasteiger partial charge on any atom is -0.289 e. The summed E-state index contributed by atoms with van der Waals surface area (Å²) in [6.07, 6.45) is -4.41. The lowest BCUT2D eigenvalue weighted by Crippen LogP contribution is -2.06. The van der Waals surface area contributed by atoms with Crippen molar-refractivity contribution in [2.45, 2.75) is 13.1 Å². The molecule has 0 amide bonds.